The summed E-state index contributed by atoms with van der Waals surface area (Å²) in [5.41, 5.74) is 6.73. The van der Waals surface area contributed by atoms with Gasteiger partial charge in [0, 0.05) is 0 Å². The summed E-state index contributed by atoms with van der Waals surface area (Å²) >= 11 is 0. The van der Waals surface area contributed by atoms with Crippen molar-refractivity contribution in [3.8, 4) is 0 Å². The molecule has 2 N–H and O–H groups in total. The molecule has 2 aliphatic rings. The number of hydrogen-bond donors (Lipinski definition) is 1. The van der Waals surface area contributed by atoms with Crippen molar-refractivity contribution in [3.63, 3.8) is 0 Å². The van der Waals surface area contributed by atoms with Gasteiger partial charge in [-0.3, -0.25) is 4.79 Å². The summed E-state index contributed by atoms with van der Waals surface area (Å²) in [6, 6.07) is 10.3. The second kappa shape index (κ2) is 3.86. The molecule has 2 nitrogen and oxygen atoms in total. The van der Waals surface area contributed by atoms with E-state index in [9.17, 15) is 4.79 Å². The molecule has 2 saturated carbocycles. The maximum Gasteiger partial charge on any atom is 0.224 e. The minimum atomic E-state index is -0.246. The molecule has 0 saturated heterocycles. The highest BCUT2D eigenvalue weighted by Gasteiger charge is 2.54. The maximum absolute atomic E-state index is 11.9. The van der Waals surface area contributed by atoms with E-state index >= 15 is 0 Å². The first-order chi connectivity index (χ1) is 8.21. The van der Waals surface area contributed by atoms with Gasteiger partial charge < -0.3 is 5.73 Å². The third-order valence-corrected chi connectivity index (χ3v) is 4.83. The summed E-state index contributed by atoms with van der Waals surface area (Å²) in [6.45, 7) is 0. The number of fused-ring (bicyclic) bond motifs is 2. The third-order valence-electron chi connectivity index (χ3n) is 4.83. The van der Waals surface area contributed by atoms with E-state index in [0.717, 1.165) is 18.8 Å². The number of amides is 1. The monoisotopic (exact) mass is 229 g/mol. The first-order valence-electron chi connectivity index (χ1n) is 6.54. The van der Waals surface area contributed by atoms with E-state index in [4.69, 9.17) is 5.73 Å². The minimum absolute atomic E-state index is 0.0754. The quantitative estimate of drug-likeness (QED) is 0.850. The van der Waals surface area contributed by atoms with Gasteiger partial charge in [-0.15, -0.1) is 0 Å². The topological polar surface area (TPSA) is 43.1 Å². The van der Waals surface area contributed by atoms with Crippen LogP contribution in [0.15, 0.2) is 30.3 Å². The van der Waals surface area contributed by atoms with E-state index in [1.807, 2.05) is 18.2 Å². The Morgan fingerprint density at radius 3 is 2.59 bits per heavy atom. The molecule has 2 aliphatic carbocycles. The lowest BCUT2D eigenvalue weighted by atomic mass is 9.69. The fourth-order valence-electron chi connectivity index (χ4n) is 4.01. The molecule has 1 aromatic carbocycles. The number of benzene rings is 1. The van der Waals surface area contributed by atoms with Gasteiger partial charge in [0.15, 0.2) is 0 Å². The van der Waals surface area contributed by atoms with Crippen LogP contribution < -0.4 is 5.73 Å². The molecule has 3 unspecified atom stereocenters. The lowest BCUT2D eigenvalue weighted by Gasteiger charge is -2.34. The van der Waals surface area contributed by atoms with Gasteiger partial charge >= 0.3 is 0 Å². The molecule has 0 radical (unpaired) electrons. The van der Waals surface area contributed by atoms with Crippen LogP contribution in [0, 0.1) is 17.3 Å². The van der Waals surface area contributed by atoms with E-state index in [1.54, 1.807) is 0 Å². The van der Waals surface area contributed by atoms with E-state index < -0.39 is 0 Å². The highest BCUT2D eigenvalue weighted by atomic mass is 16.1. The maximum atomic E-state index is 11.9. The van der Waals surface area contributed by atoms with Gasteiger partial charge in [0.25, 0.3) is 0 Å². The molecule has 1 aromatic rings. The van der Waals surface area contributed by atoms with Crippen LogP contribution >= 0.6 is 0 Å². The van der Waals surface area contributed by atoms with Crippen LogP contribution in [0.3, 0.4) is 0 Å². The molecule has 2 fully saturated rings. The molecule has 2 bridgehead atoms. The summed E-state index contributed by atoms with van der Waals surface area (Å²) in [5, 5.41) is 0. The molecular formula is C15H19NO. The predicted molar refractivity (Wildman–Crippen MR) is 67.2 cm³/mol. The van der Waals surface area contributed by atoms with Crippen LogP contribution in [-0.4, -0.2) is 5.91 Å². The highest BCUT2D eigenvalue weighted by molar-refractivity contribution is 5.82. The van der Waals surface area contributed by atoms with Crippen molar-refractivity contribution in [1.29, 1.82) is 0 Å². The summed E-state index contributed by atoms with van der Waals surface area (Å²) in [7, 11) is 0. The largest absolute Gasteiger partial charge is 0.369 e. The van der Waals surface area contributed by atoms with Crippen molar-refractivity contribution >= 4 is 5.91 Å². The van der Waals surface area contributed by atoms with Gasteiger partial charge in [0.2, 0.25) is 5.91 Å². The van der Waals surface area contributed by atoms with Crippen molar-refractivity contribution in [2.75, 3.05) is 0 Å². The Morgan fingerprint density at radius 1 is 1.29 bits per heavy atom. The first-order valence-corrected chi connectivity index (χ1v) is 6.54. The molecule has 2 heteroatoms. The summed E-state index contributed by atoms with van der Waals surface area (Å²) in [6.07, 6.45) is 5.57. The zero-order valence-corrected chi connectivity index (χ0v) is 10.1. The standard InChI is InChI=1S/C15H19NO/c16-14(17)15(9-11-4-2-1-3-5-11)10-12-6-7-13(15)8-12/h1-5,12-13H,6-10H2,(H2,16,17). The molecule has 1 amide bonds. The zero-order valence-electron chi connectivity index (χ0n) is 10.1. The van der Waals surface area contributed by atoms with Gasteiger partial charge in [-0.2, -0.15) is 0 Å². The smallest absolute Gasteiger partial charge is 0.224 e. The molecule has 17 heavy (non-hydrogen) atoms. The average Bonchev–Trinajstić information content (AvgIpc) is 2.91. The normalized spacial score (nSPS) is 35.1. The number of nitrogens with two attached hydrogens (primary N) is 1. The van der Waals surface area contributed by atoms with Crippen molar-refractivity contribution < 1.29 is 4.79 Å². The van der Waals surface area contributed by atoms with Gasteiger partial charge in [0.05, 0.1) is 5.41 Å². The van der Waals surface area contributed by atoms with E-state index in [2.05, 4.69) is 12.1 Å². The van der Waals surface area contributed by atoms with Crippen molar-refractivity contribution in [2.24, 2.45) is 23.0 Å². The van der Waals surface area contributed by atoms with Crippen LogP contribution in [0.5, 0.6) is 0 Å². The van der Waals surface area contributed by atoms with Gasteiger partial charge in [-0.05, 0) is 43.1 Å². The first kappa shape index (κ1) is 10.8. The van der Waals surface area contributed by atoms with Gasteiger partial charge in [-0.25, -0.2) is 0 Å². The van der Waals surface area contributed by atoms with Crippen molar-refractivity contribution in [3.05, 3.63) is 35.9 Å². The predicted octanol–water partition coefficient (Wildman–Crippen LogP) is 2.52. The molecular weight excluding hydrogens is 210 g/mol. The van der Waals surface area contributed by atoms with Crippen molar-refractivity contribution in [1.82, 2.24) is 0 Å². The molecule has 0 spiro atoms. The molecule has 3 atom stereocenters. The van der Waals surface area contributed by atoms with Crippen molar-refractivity contribution in [2.45, 2.75) is 32.1 Å². The number of carbonyl (C=O) groups is 1. The Labute approximate surface area is 102 Å². The average molecular weight is 229 g/mol. The number of hydrogen-bond acceptors (Lipinski definition) is 1. The second-order valence-corrected chi connectivity index (χ2v) is 5.76. The Kier molecular flexibility index (Phi) is 2.46. The van der Waals surface area contributed by atoms with Gasteiger partial charge in [-0.1, -0.05) is 36.8 Å². The number of primary amides is 1. The summed E-state index contributed by atoms with van der Waals surface area (Å²) < 4.78 is 0. The Morgan fingerprint density at radius 2 is 2.06 bits per heavy atom. The van der Waals surface area contributed by atoms with Crippen LogP contribution in [0.4, 0.5) is 0 Å². The summed E-state index contributed by atoms with van der Waals surface area (Å²) in [4.78, 5) is 11.9. The van der Waals surface area contributed by atoms with Crippen LogP contribution in [0.2, 0.25) is 0 Å². The number of rotatable bonds is 3. The van der Waals surface area contributed by atoms with E-state index in [-0.39, 0.29) is 11.3 Å². The molecule has 0 aromatic heterocycles. The van der Waals surface area contributed by atoms with E-state index in [1.165, 1.54) is 24.8 Å². The van der Waals surface area contributed by atoms with Crippen LogP contribution in [0.1, 0.15) is 31.2 Å². The third kappa shape index (κ3) is 1.67. The van der Waals surface area contributed by atoms with E-state index in [0.29, 0.717) is 5.92 Å². The lowest BCUT2D eigenvalue weighted by Crippen LogP contribution is -2.43. The second-order valence-electron chi connectivity index (χ2n) is 5.76. The number of carbonyl (C=O) groups excluding carboxylic acids is 1. The minimum Gasteiger partial charge on any atom is -0.369 e. The van der Waals surface area contributed by atoms with Crippen LogP contribution in [-0.2, 0) is 11.2 Å². The molecule has 90 valence electrons. The van der Waals surface area contributed by atoms with Gasteiger partial charge in [0.1, 0.15) is 0 Å². The zero-order chi connectivity index (χ0) is 11.9. The Hall–Kier alpha value is -1.31. The Balaban J connectivity index is 1.89. The lowest BCUT2D eigenvalue weighted by molar-refractivity contribution is -0.130. The molecule has 3 rings (SSSR count). The van der Waals surface area contributed by atoms with Crippen LogP contribution in [0.25, 0.3) is 0 Å². The fraction of sp³-hybridized carbons (Fsp3) is 0.533. The fourth-order valence-corrected chi connectivity index (χ4v) is 4.01. The molecule has 0 heterocycles. The molecule has 0 aliphatic heterocycles. The summed E-state index contributed by atoms with van der Waals surface area (Å²) in [5.74, 6) is 1.20. The highest BCUT2D eigenvalue weighted by Crippen LogP contribution is 2.57. The Bertz CT molecular complexity index is 428. The SMILES string of the molecule is NC(=O)C1(Cc2ccccc2)CC2CCC1C2.